The molecule has 9 nitrogen and oxygen atoms in total. The van der Waals surface area contributed by atoms with Crippen molar-refractivity contribution in [3.63, 3.8) is 0 Å². The van der Waals surface area contributed by atoms with Crippen LogP contribution in [0.5, 0.6) is 23.0 Å². The quantitative estimate of drug-likeness (QED) is 0.533. The van der Waals surface area contributed by atoms with Gasteiger partial charge in [-0.25, -0.2) is 4.79 Å². The molecule has 2 aromatic carbocycles. The largest absolute Gasteiger partial charge is 0.478 e. The van der Waals surface area contributed by atoms with Gasteiger partial charge in [-0.05, 0) is 6.07 Å². The maximum Gasteiger partial charge on any atom is 0.339 e. The van der Waals surface area contributed by atoms with Gasteiger partial charge < -0.3 is 5.11 Å². The van der Waals surface area contributed by atoms with Crippen molar-refractivity contribution in [3.8, 4) is 23.0 Å². The van der Waals surface area contributed by atoms with Crippen LogP contribution in [0.3, 0.4) is 0 Å². The third-order valence-electron chi connectivity index (χ3n) is 3.77. The highest BCUT2D eigenvalue weighted by Crippen LogP contribution is 2.52. The minimum atomic E-state index is -1.35. The Morgan fingerprint density at radius 2 is 1.36 bits per heavy atom. The van der Waals surface area contributed by atoms with Crippen molar-refractivity contribution in [1.29, 1.82) is 0 Å². The number of halogens is 2. The monoisotopic (exact) mass is 384 g/mol. The predicted octanol–water partition coefficient (Wildman–Crippen LogP) is 3.63. The molecule has 1 N–H and O–H groups in total. The van der Waals surface area contributed by atoms with Crippen molar-refractivity contribution in [1.82, 2.24) is 0 Å². The summed E-state index contributed by atoms with van der Waals surface area (Å²) in [6.07, 6.45) is 0. The topological polar surface area (TPSA) is 118 Å². The van der Waals surface area contributed by atoms with Gasteiger partial charge in [-0.3, -0.25) is 33.5 Å². The van der Waals surface area contributed by atoms with Gasteiger partial charge in [-0.15, -0.1) is 0 Å². The average Bonchev–Trinajstić information content (AvgIpc) is 2.97. The predicted molar refractivity (Wildman–Crippen MR) is 77.8 cm³/mol. The number of carboxylic acids is 1. The number of carbonyl (C=O) groups excluding carboxylic acids is 1. The van der Waals surface area contributed by atoms with E-state index >= 15 is 0 Å². The first-order valence-corrected chi connectivity index (χ1v) is 7.32. The Labute approximate surface area is 145 Å². The number of aromatic carboxylic acids is 1. The van der Waals surface area contributed by atoms with Gasteiger partial charge in [0, 0.05) is 0 Å². The van der Waals surface area contributed by atoms with Crippen LogP contribution >= 0.6 is 23.2 Å². The second-order valence-corrected chi connectivity index (χ2v) is 5.84. The summed E-state index contributed by atoms with van der Waals surface area (Å²) in [6.45, 7) is 0. The van der Waals surface area contributed by atoms with E-state index in [1.54, 1.807) is 0 Å². The Hall–Kier alpha value is -3.04. The van der Waals surface area contributed by atoms with Crippen molar-refractivity contribution in [2.24, 2.45) is 0 Å². The molecule has 5 rings (SSSR count). The molecule has 11 heteroatoms. The average molecular weight is 385 g/mol. The lowest BCUT2D eigenvalue weighted by Crippen LogP contribution is -2.07. The minimum absolute atomic E-state index is 0.0140. The van der Waals surface area contributed by atoms with Crippen molar-refractivity contribution in [2.45, 2.75) is 0 Å². The van der Waals surface area contributed by atoms with Gasteiger partial charge >= 0.3 is 5.97 Å². The maximum atomic E-state index is 13.0. The molecular formula is C14H2Cl2O9. The summed E-state index contributed by atoms with van der Waals surface area (Å²) in [4.78, 5) is 43.9. The molecule has 3 heterocycles. The van der Waals surface area contributed by atoms with Crippen LogP contribution in [0.2, 0.25) is 10.0 Å². The first kappa shape index (κ1) is 14.3. The normalized spacial score (nSPS) is 13.4. The molecule has 0 radical (unpaired) electrons. The number of benzene rings is 2. The molecule has 126 valence electrons. The Balaban J connectivity index is 1.76. The highest BCUT2D eigenvalue weighted by molar-refractivity contribution is 6.38. The molecule has 3 aromatic rings. The fraction of sp³-hybridized carbons (Fsp3) is 0. The molecule has 0 atom stereocenters. The van der Waals surface area contributed by atoms with Crippen LogP contribution in [0, 0.1) is 0 Å². The van der Waals surface area contributed by atoms with Crippen LogP contribution in [0.25, 0.3) is 11.2 Å². The zero-order chi connectivity index (χ0) is 17.5. The molecule has 1 aromatic heterocycles. The molecule has 0 saturated carbocycles. The number of hydrogen-bond donors (Lipinski definition) is 1. The number of hydrogen-bond acceptors (Lipinski definition) is 8. The standard InChI is InChI=1S/C14H2Cl2O9/c15-5-8-2(1-3(14(18)19)9(5)21-20-8)7(17)4-10-6(16)12(24-22-10)13-11(4)23-25-13/h1H,(H,18,19). The molecule has 0 fully saturated rings. The first-order chi connectivity index (χ1) is 12.0. The molecule has 0 saturated heterocycles. The highest BCUT2D eigenvalue weighted by Gasteiger charge is 2.41. The Bertz CT molecular complexity index is 1120. The lowest BCUT2D eigenvalue weighted by molar-refractivity contribution is -0.0861. The summed E-state index contributed by atoms with van der Waals surface area (Å²) >= 11 is 12.1. The van der Waals surface area contributed by atoms with Crippen molar-refractivity contribution in [3.05, 3.63) is 32.8 Å². The zero-order valence-corrected chi connectivity index (χ0v) is 13.1. The first-order valence-electron chi connectivity index (χ1n) is 6.56. The number of rotatable bonds is 3. The van der Waals surface area contributed by atoms with E-state index in [0.29, 0.717) is 0 Å². The van der Waals surface area contributed by atoms with Crippen LogP contribution < -0.4 is 19.6 Å². The van der Waals surface area contributed by atoms with E-state index in [-0.39, 0.29) is 60.9 Å². The van der Waals surface area contributed by atoms with Crippen LogP contribution in [0.1, 0.15) is 26.3 Å². The van der Waals surface area contributed by atoms with Gasteiger partial charge in [0.1, 0.15) is 21.2 Å². The molecule has 2 aliphatic rings. The van der Waals surface area contributed by atoms with Crippen molar-refractivity contribution in [2.75, 3.05) is 0 Å². The Morgan fingerprint density at radius 3 is 2.00 bits per heavy atom. The summed E-state index contributed by atoms with van der Waals surface area (Å²) in [7, 11) is 0. The fourth-order valence-electron chi connectivity index (χ4n) is 2.60. The van der Waals surface area contributed by atoms with Gasteiger partial charge in [0.15, 0.2) is 0 Å². The summed E-state index contributed by atoms with van der Waals surface area (Å²) in [5.74, 6) is -2.42. The van der Waals surface area contributed by atoms with Crippen molar-refractivity contribution >= 4 is 46.1 Å². The highest BCUT2D eigenvalue weighted by atomic mass is 35.5. The lowest BCUT2D eigenvalue weighted by atomic mass is 9.98. The van der Waals surface area contributed by atoms with E-state index in [2.05, 4.69) is 0 Å². The van der Waals surface area contributed by atoms with Crippen molar-refractivity contribution < 1.29 is 43.4 Å². The maximum absolute atomic E-state index is 13.0. The number of ketones is 1. The second kappa shape index (κ2) is 4.52. The molecule has 2 aliphatic heterocycles. The Morgan fingerprint density at radius 1 is 0.800 bits per heavy atom. The fourth-order valence-corrected chi connectivity index (χ4v) is 3.11. The summed E-state index contributed by atoms with van der Waals surface area (Å²) in [6, 6.07) is 1.07. The molecule has 4 bridgehead atoms. The zero-order valence-electron chi connectivity index (χ0n) is 11.5. The lowest BCUT2D eigenvalue weighted by Gasteiger charge is -2.07. The van der Waals surface area contributed by atoms with E-state index in [9.17, 15) is 14.7 Å². The third kappa shape index (κ3) is 1.63. The summed E-state index contributed by atoms with van der Waals surface area (Å²) in [5, 5.41) is 9.14. The van der Waals surface area contributed by atoms with Gasteiger partial charge in [-0.2, -0.15) is 0 Å². The van der Waals surface area contributed by atoms with E-state index < -0.39 is 11.8 Å². The molecule has 0 amide bonds. The van der Waals surface area contributed by atoms with Gasteiger partial charge in [0.05, 0.1) is 5.56 Å². The van der Waals surface area contributed by atoms with Gasteiger partial charge in [0.2, 0.25) is 28.6 Å². The summed E-state index contributed by atoms with van der Waals surface area (Å²) in [5.41, 5.74) is -0.525. The molecule has 25 heavy (non-hydrogen) atoms. The number of fused-ring (bicyclic) bond motifs is 6. The summed E-state index contributed by atoms with van der Waals surface area (Å²) < 4.78 is 9.61. The molecule has 0 unspecified atom stereocenters. The Kier molecular flexibility index (Phi) is 2.59. The van der Waals surface area contributed by atoms with E-state index in [0.717, 1.165) is 6.07 Å². The van der Waals surface area contributed by atoms with Crippen LogP contribution in [0.4, 0.5) is 0 Å². The third-order valence-corrected chi connectivity index (χ3v) is 4.46. The van der Waals surface area contributed by atoms with E-state index in [4.69, 9.17) is 51.9 Å². The van der Waals surface area contributed by atoms with Crippen LogP contribution in [0.15, 0.2) is 15.2 Å². The smallest absolute Gasteiger partial charge is 0.339 e. The van der Waals surface area contributed by atoms with E-state index in [1.165, 1.54) is 0 Å². The van der Waals surface area contributed by atoms with Gasteiger partial charge in [-0.1, -0.05) is 23.2 Å². The molecular weight excluding hydrogens is 383 g/mol. The van der Waals surface area contributed by atoms with Crippen LogP contribution in [-0.4, -0.2) is 16.9 Å². The van der Waals surface area contributed by atoms with Gasteiger partial charge in [0.25, 0.3) is 11.3 Å². The molecule has 0 spiro atoms. The minimum Gasteiger partial charge on any atom is -0.478 e. The second-order valence-electron chi connectivity index (χ2n) is 5.08. The van der Waals surface area contributed by atoms with Crippen LogP contribution in [-0.2, 0) is 0 Å². The number of carbonyl (C=O) groups is 2. The molecule has 0 aliphatic carbocycles. The SMILES string of the molecule is O=C(O)c1cc(C(=O)c2c3c(Cl)c(c4ooc24)OO3)c2c(Cl)c1OO2. The van der Waals surface area contributed by atoms with E-state index in [1.807, 2.05) is 0 Å². The number of carboxylic acid groups (broad SMARTS) is 1.